The Morgan fingerprint density at radius 2 is 2.08 bits per heavy atom. The lowest BCUT2D eigenvalue weighted by atomic mass is 9.95. The van der Waals surface area contributed by atoms with Crippen molar-refractivity contribution in [2.24, 2.45) is 5.92 Å². The van der Waals surface area contributed by atoms with Crippen LogP contribution in [-0.4, -0.2) is 44.1 Å². The Bertz CT molecular complexity index is 876. The summed E-state index contributed by atoms with van der Waals surface area (Å²) in [4.78, 5) is 4.10. The number of aromatic nitrogens is 5. The highest BCUT2D eigenvalue weighted by atomic mass is 16.5. The van der Waals surface area contributed by atoms with Crippen LogP contribution in [0.25, 0.3) is 5.65 Å². The summed E-state index contributed by atoms with van der Waals surface area (Å²) in [5.74, 6) is 1.00. The lowest BCUT2D eigenvalue weighted by molar-refractivity contribution is 0.185. The van der Waals surface area contributed by atoms with Gasteiger partial charge in [-0.05, 0) is 43.0 Å². The number of pyridine rings is 1. The fraction of sp³-hybridized carbons (Fsp3) is 0.444. The van der Waals surface area contributed by atoms with Gasteiger partial charge in [0.25, 0.3) is 0 Å². The number of hydrogen-bond donors (Lipinski definition) is 1. The summed E-state index contributed by atoms with van der Waals surface area (Å²) in [7, 11) is 0. The van der Waals surface area contributed by atoms with Crippen LogP contribution in [0.2, 0.25) is 0 Å². The fourth-order valence-electron chi connectivity index (χ4n) is 3.51. The van der Waals surface area contributed by atoms with Gasteiger partial charge in [0, 0.05) is 24.2 Å². The summed E-state index contributed by atoms with van der Waals surface area (Å²) in [6.45, 7) is 1.47. The third-order valence-electron chi connectivity index (χ3n) is 5.07. The predicted molar refractivity (Wildman–Crippen MR) is 92.4 cm³/mol. The number of hydrogen-bond acceptors (Lipinski definition) is 6. The van der Waals surface area contributed by atoms with E-state index in [1.54, 1.807) is 10.8 Å². The van der Waals surface area contributed by atoms with Crippen LogP contribution in [0.5, 0.6) is 0 Å². The second-order valence-corrected chi connectivity index (χ2v) is 6.96. The number of nitrogens with zero attached hydrogens (tertiary/aromatic N) is 5. The molecule has 0 amide bonds. The van der Waals surface area contributed by atoms with Gasteiger partial charge in [0.05, 0.1) is 30.6 Å². The Labute approximate surface area is 145 Å². The van der Waals surface area contributed by atoms with Crippen molar-refractivity contribution in [1.82, 2.24) is 24.8 Å². The first-order valence-corrected chi connectivity index (χ1v) is 8.81. The van der Waals surface area contributed by atoms with E-state index < -0.39 is 0 Å². The van der Waals surface area contributed by atoms with E-state index in [1.807, 2.05) is 12.4 Å². The van der Waals surface area contributed by atoms with Crippen LogP contribution in [-0.2, 0) is 11.2 Å². The zero-order chi connectivity index (χ0) is 16.6. The van der Waals surface area contributed by atoms with Crippen LogP contribution in [0, 0.1) is 5.92 Å². The number of rotatable bonds is 5. The lowest BCUT2D eigenvalue weighted by Crippen LogP contribution is -2.29. The Balaban J connectivity index is 1.40. The second kappa shape index (κ2) is 6.07. The number of fused-ring (bicyclic) bond motifs is 1. The monoisotopic (exact) mass is 336 g/mol. The Morgan fingerprint density at radius 1 is 1.20 bits per heavy atom. The first-order chi connectivity index (χ1) is 12.4. The molecule has 7 heteroatoms. The lowest BCUT2D eigenvalue weighted by Gasteiger charge is -2.20. The molecule has 25 heavy (non-hydrogen) atoms. The molecule has 2 atom stereocenters. The van der Waals surface area contributed by atoms with Gasteiger partial charge < -0.3 is 10.1 Å². The summed E-state index contributed by atoms with van der Waals surface area (Å²) in [5.41, 5.74) is 4.20. The highest BCUT2D eigenvalue weighted by Gasteiger charge is 2.31. The van der Waals surface area contributed by atoms with Crippen molar-refractivity contribution in [3.8, 4) is 0 Å². The molecule has 0 radical (unpaired) electrons. The molecule has 0 bridgehead atoms. The van der Waals surface area contributed by atoms with Gasteiger partial charge in [-0.1, -0.05) is 0 Å². The highest BCUT2D eigenvalue weighted by Crippen LogP contribution is 2.40. The normalized spacial score (nSPS) is 23.2. The van der Waals surface area contributed by atoms with Gasteiger partial charge in [-0.2, -0.15) is 9.61 Å². The molecular weight excluding hydrogens is 316 g/mol. The minimum atomic E-state index is 0.253. The minimum absolute atomic E-state index is 0.253. The second-order valence-electron chi connectivity index (χ2n) is 6.96. The molecule has 2 fully saturated rings. The molecule has 5 rings (SSSR count). The van der Waals surface area contributed by atoms with Gasteiger partial charge in [-0.3, -0.25) is 4.98 Å². The number of nitrogens with one attached hydrogen (secondary N) is 1. The molecule has 1 saturated heterocycles. The molecule has 1 aliphatic carbocycles. The standard InChI is InChI=1S/C18H20N6O/c1-2-13(1)15-8-16(18-22-20-11-24(18)23-15)21-17-10-25-9-14(17)7-12-3-5-19-6-4-12/h3-6,8,11,13-14,17,21H,1-2,7,9-10H2/t14-,17-/m1/s1. The number of ether oxygens (including phenoxy) is 1. The van der Waals surface area contributed by atoms with Crippen LogP contribution in [0.4, 0.5) is 5.69 Å². The molecule has 3 aromatic rings. The average molecular weight is 336 g/mol. The van der Waals surface area contributed by atoms with Gasteiger partial charge in [-0.25, -0.2) is 0 Å². The maximum absolute atomic E-state index is 5.76. The summed E-state index contributed by atoms with van der Waals surface area (Å²) in [5, 5.41) is 16.5. The SMILES string of the molecule is c1cc(C[C@@H]2COC[C@H]2Nc2cc(C3CC3)nn3cnnc23)ccn1. The van der Waals surface area contributed by atoms with Crippen LogP contribution < -0.4 is 5.32 Å². The zero-order valence-corrected chi connectivity index (χ0v) is 13.9. The van der Waals surface area contributed by atoms with E-state index in [2.05, 4.69) is 43.8 Å². The van der Waals surface area contributed by atoms with Crippen molar-refractivity contribution in [3.05, 3.63) is 48.2 Å². The Kier molecular flexibility index (Phi) is 3.59. The van der Waals surface area contributed by atoms with Gasteiger partial charge in [-0.15, -0.1) is 10.2 Å². The molecule has 0 unspecified atom stereocenters. The summed E-state index contributed by atoms with van der Waals surface area (Å²) in [6, 6.07) is 6.54. The molecule has 7 nitrogen and oxygen atoms in total. The molecular formula is C18H20N6O. The zero-order valence-electron chi connectivity index (χ0n) is 13.9. The Hall–Kier alpha value is -2.54. The fourth-order valence-corrected chi connectivity index (χ4v) is 3.51. The molecule has 2 aliphatic rings. The Morgan fingerprint density at radius 3 is 2.92 bits per heavy atom. The van der Waals surface area contributed by atoms with E-state index >= 15 is 0 Å². The summed E-state index contributed by atoms with van der Waals surface area (Å²) >= 11 is 0. The average Bonchev–Trinajstić information content (AvgIpc) is 3.23. The van der Waals surface area contributed by atoms with E-state index in [9.17, 15) is 0 Å². The third-order valence-corrected chi connectivity index (χ3v) is 5.07. The van der Waals surface area contributed by atoms with Crippen molar-refractivity contribution >= 4 is 11.3 Å². The maximum Gasteiger partial charge on any atom is 0.200 e. The molecule has 4 heterocycles. The van der Waals surface area contributed by atoms with Crippen molar-refractivity contribution < 1.29 is 4.74 Å². The van der Waals surface area contributed by atoms with Gasteiger partial charge in [0.1, 0.15) is 6.33 Å². The number of anilines is 1. The van der Waals surface area contributed by atoms with E-state index in [0.717, 1.165) is 30.1 Å². The minimum Gasteiger partial charge on any atom is -0.379 e. The summed E-state index contributed by atoms with van der Waals surface area (Å²) < 4.78 is 7.54. The predicted octanol–water partition coefficient (Wildman–Crippen LogP) is 2.07. The van der Waals surface area contributed by atoms with Crippen LogP contribution in [0.3, 0.4) is 0 Å². The van der Waals surface area contributed by atoms with Crippen molar-refractivity contribution in [2.45, 2.75) is 31.2 Å². The quantitative estimate of drug-likeness (QED) is 0.768. The molecule has 1 saturated carbocycles. The molecule has 1 N–H and O–H groups in total. The smallest absolute Gasteiger partial charge is 0.200 e. The van der Waals surface area contributed by atoms with Crippen LogP contribution in [0.15, 0.2) is 36.9 Å². The van der Waals surface area contributed by atoms with E-state index in [0.29, 0.717) is 18.4 Å². The van der Waals surface area contributed by atoms with Crippen molar-refractivity contribution in [2.75, 3.05) is 18.5 Å². The summed E-state index contributed by atoms with van der Waals surface area (Å²) in [6.07, 6.45) is 8.78. The van der Waals surface area contributed by atoms with Gasteiger partial charge in [0.15, 0.2) is 0 Å². The molecule has 0 spiro atoms. The van der Waals surface area contributed by atoms with Gasteiger partial charge in [0.2, 0.25) is 5.65 Å². The third kappa shape index (κ3) is 2.95. The maximum atomic E-state index is 5.76. The largest absolute Gasteiger partial charge is 0.379 e. The van der Waals surface area contributed by atoms with E-state index in [4.69, 9.17) is 4.74 Å². The highest BCUT2D eigenvalue weighted by molar-refractivity contribution is 5.67. The van der Waals surface area contributed by atoms with Gasteiger partial charge >= 0.3 is 0 Å². The molecule has 0 aromatic carbocycles. The first-order valence-electron chi connectivity index (χ1n) is 8.81. The van der Waals surface area contributed by atoms with E-state index in [1.165, 1.54) is 18.4 Å². The van der Waals surface area contributed by atoms with E-state index in [-0.39, 0.29) is 6.04 Å². The van der Waals surface area contributed by atoms with Crippen LogP contribution >= 0.6 is 0 Å². The topological polar surface area (TPSA) is 77.2 Å². The van der Waals surface area contributed by atoms with Crippen LogP contribution in [0.1, 0.15) is 30.0 Å². The molecule has 1 aliphatic heterocycles. The van der Waals surface area contributed by atoms with Crippen molar-refractivity contribution in [1.29, 1.82) is 0 Å². The first kappa shape index (κ1) is 14.8. The molecule has 128 valence electrons. The molecule has 3 aromatic heterocycles. The van der Waals surface area contributed by atoms with Crippen molar-refractivity contribution in [3.63, 3.8) is 0 Å².